The van der Waals surface area contributed by atoms with E-state index in [9.17, 15) is 0 Å². The molecule has 4 rings (SSSR count). The molecule has 2 heterocycles. The van der Waals surface area contributed by atoms with Crippen molar-refractivity contribution in [3.8, 4) is 22.8 Å². The number of hydrogen-bond donors (Lipinski definition) is 0. The predicted octanol–water partition coefficient (Wildman–Crippen LogP) is 3.82. The van der Waals surface area contributed by atoms with Crippen molar-refractivity contribution in [1.29, 1.82) is 0 Å². The number of fused-ring (bicyclic) bond motifs is 1. The monoisotopic (exact) mass is 302 g/mol. The fourth-order valence-corrected chi connectivity index (χ4v) is 2.46. The Hall–Kier alpha value is -3.21. The minimum Gasteiger partial charge on any atom is -0.437 e. The summed E-state index contributed by atoms with van der Waals surface area (Å²) in [4.78, 5) is 12.7. The highest BCUT2D eigenvalue weighted by molar-refractivity contribution is 5.76. The largest absolute Gasteiger partial charge is 0.437 e. The van der Waals surface area contributed by atoms with Gasteiger partial charge >= 0.3 is 0 Å². The molecule has 0 saturated carbocycles. The van der Waals surface area contributed by atoms with Gasteiger partial charge in [-0.15, -0.1) is 0 Å². The van der Waals surface area contributed by atoms with E-state index in [-0.39, 0.29) is 0 Å². The highest BCUT2D eigenvalue weighted by atomic mass is 16.5. The topological polar surface area (TPSA) is 52.8 Å². The van der Waals surface area contributed by atoms with Gasteiger partial charge in [0.25, 0.3) is 5.88 Å². The third kappa shape index (κ3) is 2.53. The standard InChI is InChI=1S/C18H14N4O/c1-22-12-21-16-17(22)19-11-20-18(16)23-15-9-7-14(8-10-15)13-5-3-2-4-6-13/h2-12H,1H3. The first-order valence-electron chi connectivity index (χ1n) is 7.26. The SMILES string of the molecule is Cn1cnc2c(Oc3ccc(-c4ccccc4)cc3)ncnc21. The van der Waals surface area contributed by atoms with Crippen LogP contribution in [0.2, 0.25) is 0 Å². The molecular formula is C18H14N4O. The third-order valence-corrected chi connectivity index (χ3v) is 3.64. The van der Waals surface area contributed by atoms with Crippen molar-refractivity contribution in [3.05, 3.63) is 67.3 Å². The molecule has 0 unspecified atom stereocenters. The molecule has 0 radical (unpaired) electrons. The van der Waals surface area contributed by atoms with Crippen LogP contribution in [0.3, 0.4) is 0 Å². The number of aryl methyl sites for hydroxylation is 1. The van der Waals surface area contributed by atoms with Gasteiger partial charge in [-0.2, -0.15) is 4.98 Å². The molecule has 0 bridgehead atoms. The van der Waals surface area contributed by atoms with Crippen LogP contribution in [-0.4, -0.2) is 19.5 Å². The number of benzene rings is 2. The van der Waals surface area contributed by atoms with E-state index in [1.165, 1.54) is 11.9 Å². The zero-order valence-electron chi connectivity index (χ0n) is 12.5. The Bertz CT molecular complexity index is 946. The summed E-state index contributed by atoms with van der Waals surface area (Å²) in [6, 6.07) is 18.1. The van der Waals surface area contributed by atoms with E-state index in [1.54, 1.807) is 6.33 Å². The molecule has 4 aromatic rings. The van der Waals surface area contributed by atoms with E-state index in [4.69, 9.17) is 4.74 Å². The zero-order chi connectivity index (χ0) is 15.6. The molecule has 0 fully saturated rings. The molecule has 0 atom stereocenters. The molecule has 0 aliphatic heterocycles. The Morgan fingerprint density at radius 3 is 2.35 bits per heavy atom. The normalized spacial score (nSPS) is 10.8. The summed E-state index contributed by atoms with van der Waals surface area (Å²) in [5.74, 6) is 1.18. The minimum atomic E-state index is 0.461. The van der Waals surface area contributed by atoms with Crippen LogP contribution in [-0.2, 0) is 7.05 Å². The highest BCUT2D eigenvalue weighted by Gasteiger charge is 2.10. The van der Waals surface area contributed by atoms with Gasteiger partial charge in [-0.1, -0.05) is 42.5 Å². The number of rotatable bonds is 3. The quantitative estimate of drug-likeness (QED) is 0.577. The summed E-state index contributed by atoms with van der Waals surface area (Å²) in [7, 11) is 1.89. The molecule has 0 aliphatic carbocycles. The van der Waals surface area contributed by atoms with Crippen LogP contribution in [0, 0.1) is 0 Å². The van der Waals surface area contributed by atoms with Gasteiger partial charge in [-0.05, 0) is 23.3 Å². The molecule has 23 heavy (non-hydrogen) atoms. The molecule has 0 aliphatic rings. The molecule has 0 saturated heterocycles. The van der Waals surface area contributed by atoms with Crippen molar-refractivity contribution in [2.24, 2.45) is 7.05 Å². The highest BCUT2D eigenvalue weighted by Crippen LogP contribution is 2.27. The number of ether oxygens (including phenoxy) is 1. The number of imidazole rings is 1. The third-order valence-electron chi connectivity index (χ3n) is 3.64. The van der Waals surface area contributed by atoms with E-state index < -0.39 is 0 Å². The van der Waals surface area contributed by atoms with Gasteiger partial charge in [0.15, 0.2) is 11.2 Å². The molecular weight excluding hydrogens is 288 g/mol. The summed E-state index contributed by atoms with van der Waals surface area (Å²) < 4.78 is 7.70. The van der Waals surface area contributed by atoms with Crippen LogP contribution in [0.15, 0.2) is 67.3 Å². The number of nitrogens with zero attached hydrogens (tertiary/aromatic N) is 4. The first-order chi connectivity index (χ1) is 11.3. The fraction of sp³-hybridized carbons (Fsp3) is 0.0556. The Morgan fingerprint density at radius 1 is 0.826 bits per heavy atom. The molecule has 5 heteroatoms. The van der Waals surface area contributed by atoms with Gasteiger partial charge in [0.2, 0.25) is 0 Å². The lowest BCUT2D eigenvalue weighted by molar-refractivity contribution is 0.467. The maximum absolute atomic E-state index is 5.87. The van der Waals surface area contributed by atoms with Gasteiger partial charge in [0.05, 0.1) is 6.33 Å². The van der Waals surface area contributed by atoms with E-state index >= 15 is 0 Å². The predicted molar refractivity (Wildman–Crippen MR) is 88.3 cm³/mol. The molecule has 0 spiro atoms. The van der Waals surface area contributed by atoms with Gasteiger partial charge in [0, 0.05) is 7.05 Å². The van der Waals surface area contributed by atoms with Crippen molar-refractivity contribution in [3.63, 3.8) is 0 Å². The van der Waals surface area contributed by atoms with E-state index in [2.05, 4.69) is 27.1 Å². The van der Waals surface area contributed by atoms with Gasteiger partial charge in [-0.25, -0.2) is 9.97 Å². The average molecular weight is 302 g/mol. The average Bonchev–Trinajstić information content (AvgIpc) is 2.99. The molecule has 0 N–H and O–H groups in total. The second kappa shape index (κ2) is 5.53. The maximum Gasteiger partial charge on any atom is 0.250 e. The van der Waals surface area contributed by atoms with Crippen molar-refractivity contribution < 1.29 is 4.74 Å². The summed E-state index contributed by atoms with van der Waals surface area (Å²) in [6.07, 6.45) is 3.18. The molecule has 112 valence electrons. The van der Waals surface area contributed by atoms with Gasteiger partial charge < -0.3 is 9.30 Å². The van der Waals surface area contributed by atoms with Crippen LogP contribution in [0.1, 0.15) is 0 Å². The van der Waals surface area contributed by atoms with Crippen LogP contribution in [0.4, 0.5) is 0 Å². The lowest BCUT2D eigenvalue weighted by atomic mass is 10.1. The van der Waals surface area contributed by atoms with E-state index in [1.807, 2.05) is 54.1 Å². The summed E-state index contributed by atoms with van der Waals surface area (Å²) >= 11 is 0. The Balaban J connectivity index is 1.64. The van der Waals surface area contributed by atoms with Crippen LogP contribution < -0.4 is 4.74 Å². The first kappa shape index (κ1) is 13.5. The fourth-order valence-electron chi connectivity index (χ4n) is 2.46. The summed E-state index contributed by atoms with van der Waals surface area (Å²) in [6.45, 7) is 0. The molecule has 0 amide bonds. The summed E-state index contributed by atoms with van der Waals surface area (Å²) in [5, 5.41) is 0. The number of hydrogen-bond acceptors (Lipinski definition) is 4. The second-order valence-corrected chi connectivity index (χ2v) is 5.20. The molecule has 2 aromatic carbocycles. The second-order valence-electron chi connectivity index (χ2n) is 5.20. The number of aromatic nitrogens is 4. The van der Waals surface area contributed by atoms with Gasteiger partial charge in [-0.3, -0.25) is 0 Å². The van der Waals surface area contributed by atoms with Crippen molar-refractivity contribution in [2.45, 2.75) is 0 Å². The van der Waals surface area contributed by atoms with Crippen molar-refractivity contribution in [2.75, 3.05) is 0 Å². The lowest BCUT2D eigenvalue weighted by Crippen LogP contribution is -1.93. The van der Waals surface area contributed by atoms with Crippen LogP contribution in [0.25, 0.3) is 22.3 Å². The van der Waals surface area contributed by atoms with Crippen molar-refractivity contribution >= 4 is 11.2 Å². The Kier molecular flexibility index (Phi) is 3.24. The van der Waals surface area contributed by atoms with Crippen LogP contribution >= 0.6 is 0 Å². The molecule has 2 aromatic heterocycles. The smallest absolute Gasteiger partial charge is 0.250 e. The summed E-state index contributed by atoms with van der Waals surface area (Å²) in [5.41, 5.74) is 3.72. The molecule has 5 nitrogen and oxygen atoms in total. The first-order valence-corrected chi connectivity index (χ1v) is 7.26. The lowest BCUT2D eigenvalue weighted by Gasteiger charge is -2.06. The van der Waals surface area contributed by atoms with E-state index in [0.29, 0.717) is 11.4 Å². The van der Waals surface area contributed by atoms with Crippen molar-refractivity contribution in [1.82, 2.24) is 19.5 Å². The Morgan fingerprint density at radius 2 is 1.57 bits per heavy atom. The zero-order valence-corrected chi connectivity index (χ0v) is 12.5. The maximum atomic E-state index is 5.87. The Labute approximate surface area is 133 Å². The van der Waals surface area contributed by atoms with E-state index in [0.717, 1.165) is 17.0 Å². The minimum absolute atomic E-state index is 0.461. The van der Waals surface area contributed by atoms with Crippen LogP contribution in [0.5, 0.6) is 11.6 Å². The van der Waals surface area contributed by atoms with Gasteiger partial charge in [0.1, 0.15) is 12.1 Å².